The number of rotatable bonds is 5. The first-order chi connectivity index (χ1) is 11.4. The summed E-state index contributed by atoms with van der Waals surface area (Å²) < 4.78 is 25.3. The van der Waals surface area contributed by atoms with E-state index < -0.39 is 15.8 Å². The maximum absolute atomic E-state index is 12.7. The molecule has 0 heterocycles. The Balaban J connectivity index is 1.82. The Hall–Kier alpha value is -2.33. The van der Waals surface area contributed by atoms with Crippen LogP contribution >= 0.6 is 0 Å². The van der Waals surface area contributed by atoms with Gasteiger partial charge in [-0.15, -0.1) is 0 Å². The molecule has 2 unspecified atom stereocenters. The Morgan fingerprint density at radius 1 is 1.25 bits per heavy atom. The van der Waals surface area contributed by atoms with E-state index in [-0.39, 0.29) is 46.6 Å². The minimum absolute atomic E-state index is 0.00515. The van der Waals surface area contributed by atoms with Crippen molar-refractivity contribution in [1.82, 2.24) is 5.32 Å². The highest BCUT2D eigenvalue weighted by molar-refractivity contribution is 7.91. The molecule has 0 spiro atoms. The van der Waals surface area contributed by atoms with Crippen LogP contribution in [0.5, 0.6) is 5.75 Å². The Morgan fingerprint density at radius 3 is 2.58 bits per heavy atom. The molecule has 1 amide bonds. The number of carbonyl (C=O) groups excluding carboxylic acids is 1. The van der Waals surface area contributed by atoms with Crippen molar-refractivity contribution < 1.29 is 18.3 Å². The molecule has 24 heavy (non-hydrogen) atoms. The number of phenols is 1. The summed E-state index contributed by atoms with van der Waals surface area (Å²) in [6.45, 7) is -0.0755. The topological polar surface area (TPSA) is 107 Å². The van der Waals surface area contributed by atoms with Crippen LogP contribution in [0.15, 0.2) is 41.3 Å². The Morgan fingerprint density at radius 2 is 1.92 bits per heavy atom. The minimum Gasteiger partial charge on any atom is -0.508 e. The molecule has 4 atom stereocenters. The van der Waals surface area contributed by atoms with Gasteiger partial charge in [0.15, 0.2) is 9.84 Å². The van der Waals surface area contributed by atoms with E-state index in [9.17, 15) is 18.3 Å². The average Bonchev–Trinajstić information content (AvgIpc) is 3.14. The van der Waals surface area contributed by atoms with Crippen molar-refractivity contribution >= 4 is 15.7 Å². The van der Waals surface area contributed by atoms with Gasteiger partial charge in [-0.25, -0.2) is 8.42 Å². The zero-order chi connectivity index (χ0) is 17.3. The number of phenolic OH excluding ortho intramolecular Hbond substituents is 1. The molecule has 0 aliphatic heterocycles. The molecule has 1 saturated carbocycles. The van der Waals surface area contributed by atoms with Crippen molar-refractivity contribution in [3.63, 3.8) is 0 Å². The van der Waals surface area contributed by atoms with Crippen LogP contribution in [0.1, 0.15) is 6.42 Å². The van der Waals surface area contributed by atoms with Gasteiger partial charge < -0.3 is 10.4 Å². The predicted molar refractivity (Wildman–Crippen MR) is 86.5 cm³/mol. The van der Waals surface area contributed by atoms with Gasteiger partial charge in [-0.05, 0) is 48.4 Å². The lowest BCUT2D eigenvalue weighted by atomic mass is 9.83. The van der Waals surface area contributed by atoms with E-state index >= 15 is 0 Å². The third-order valence-electron chi connectivity index (χ3n) is 4.87. The van der Waals surface area contributed by atoms with Crippen LogP contribution < -0.4 is 5.32 Å². The number of carbonyl (C=O) groups is 1. The third kappa shape index (κ3) is 3.02. The highest BCUT2D eigenvalue weighted by Gasteiger charge is 2.49. The van der Waals surface area contributed by atoms with Gasteiger partial charge in [-0.1, -0.05) is 12.2 Å². The number of nitrogens with one attached hydrogen (secondary N) is 1. The van der Waals surface area contributed by atoms with Gasteiger partial charge in [-0.2, -0.15) is 5.26 Å². The molecule has 2 bridgehead atoms. The third-order valence-corrected chi connectivity index (χ3v) is 6.69. The molecule has 1 fully saturated rings. The van der Waals surface area contributed by atoms with Crippen molar-refractivity contribution in [2.75, 3.05) is 12.3 Å². The van der Waals surface area contributed by atoms with E-state index in [1.54, 1.807) is 0 Å². The molecule has 1 aromatic rings. The number of hydrogen-bond donors (Lipinski definition) is 2. The highest BCUT2D eigenvalue weighted by Crippen LogP contribution is 2.49. The largest absolute Gasteiger partial charge is 0.508 e. The number of benzene rings is 1. The zero-order valence-corrected chi connectivity index (χ0v) is 13.7. The maximum Gasteiger partial charge on any atom is 0.224 e. The minimum atomic E-state index is -3.56. The lowest BCUT2D eigenvalue weighted by Crippen LogP contribution is -2.39. The van der Waals surface area contributed by atoms with Crippen LogP contribution in [0, 0.1) is 35.0 Å². The van der Waals surface area contributed by atoms with Crippen LogP contribution in [0.25, 0.3) is 0 Å². The zero-order valence-electron chi connectivity index (χ0n) is 12.9. The second kappa shape index (κ2) is 6.29. The summed E-state index contributed by atoms with van der Waals surface area (Å²) in [7, 11) is -3.56. The molecule has 0 saturated heterocycles. The van der Waals surface area contributed by atoms with Crippen molar-refractivity contribution in [3.05, 3.63) is 36.4 Å². The summed E-state index contributed by atoms with van der Waals surface area (Å²) in [5.41, 5.74) is 0. The Labute approximate surface area is 140 Å². The molecule has 7 heteroatoms. The van der Waals surface area contributed by atoms with Crippen molar-refractivity contribution in [3.8, 4) is 11.8 Å². The molecule has 2 N–H and O–H groups in total. The second-order valence-electron chi connectivity index (χ2n) is 6.29. The first-order valence-electron chi connectivity index (χ1n) is 7.77. The fourth-order valence-electron chi connectivity index (χ4n) is 3.79. The SMILES string of the molecule is N#CCNC(=O)C1C2C=C[C@H](C2)[C@H]1CS(=O)(=O)c1ccc(O)cc1. The number of sulfone groups is 1. The van der Waals surface area contributed by atoms with Gasteiger partial charge in [0.2, 0.25) is 5.91 Å². The summed E-state index contributed by atoms with van der Waals surface area (Å²) in [6.07, 6.45) is 4.75. The van der Waals surface area contributed by atoms with E-state index in [4.69, 9.17) is 5.26 Å². The first-order valence-corrected chi connectivity index (χ1v) is 9.42. The van der Waals surface area contributed by atoms with Crippen LogP contribution in [-0.2, 0) is 14.6 Å². The summed E-state index contributed by atoms with van der Waals surface area (Å²) in [5, 5.41) is 20.5. The van der Waals surface area contributed by atoms with Gasteiger partial charge in [0.25, 0.3) is 0 Å². The van der Waals surface area contributed by atoms with Gasteiger partial charge in [-0.3, -0.25) is 4.79 Å². The molecule has 6 nitrogen and oxygen atoms in total. The summed E-state index contributed by atoms with van der Waals surface area (Å²) in [5.74, 6) is -0.968. The average molecular weight is 346 g/mol. The smallest absolute Gasteiger partial charge is 0.224 e. The maximum atomic E-state index is 12.7. The van der Waals surface area contributed by atoms with Crippen LogP contribution in [0.2, 0.25) is 0 Å². The van der Waals surface area contributed by atoms with Gasteiger partial charge in [0.1, 0.15) is 12.3 Å². The van der Waals surface area contributed by atoms with E-state index in [0.29, 0.717) is 0 Å². The van der Waals surface area contributed by atoms with Crippen molar-refractivity contribution in [2.24, 2.45) is 23.7 Å². The molecule has 2 aliphatic carbocycles. The highest BCUT2D eigenvalue weighted by atomic mass is 32.2. The van der Waals surface area contributed by atoms with Crippen LogP contribution in [0.3, 0.4) is 0 Å². The van der Waals surface area contributed by atoms with Crippen LogP contribution in [-0.4, -0.2) is 31.7 Å². The standard InChI is InChI=1S/C17H18N2O4S/c18-7-8-19-17(21)16-12-2-1-11(9-12)15(16)10-24(22,23)14-5-3-13(20)4-6-14/h1-6,11-12,15-16,20H,8-10H2,(H,19,21)/t11-,12?,15-,16?/m1/s1. The number of nitrogens with zero attached hydrogens (tertiary/aromatic N) is 1. The molecular formula is C17H18N2O4S. The molecule has 0 aromatic heterocycles. The molecule has 1 aromatic carbocycles. The number of allylic oxidation sites excluding steroid dienone is 2. The summed E-state index contributed by atoms with van der Waals surface area (Å²) in [4.78, 5) is 12.5. The van der Waals surface area contributed by atoms with E-state index in [0.717, 1.165) is 6.42 Å². The molecular weight excluding hydrogens is 328 g/mol. The molecule has 126 valence electrons. The number of aromatic hydroxyl groups is 1. The van der Waals surface area contributed by atoms with Crippen LogP contribution in [0.4, 0.5) is 0 Å². The normalized spacial score (nSPS) is 27.8. The number of nitriles is 1. The van der Waals surface area contributed by atoms with Crippen molar-refractivity contribution in [1.29, 1.82) is 5.26 Å². The summed E-state index contributed by atoms with van der Waals surface area (Å²) in [6, 6.07) is 7.29. The number of hydrogen-bond acceptors (Lipinski definition) is 5. The second-order valence-corrected chi connectivity index (χ2v) is 8.32. The van der Waals surface area contributed by atoms with E-state index in [1.807, 2.05) is 18.2 Å². The molecule has 3 rings (SSSR count). The lowest BCUT2D eigenvalue weighted by molar-refractivity contribution is -0.126. The van der Waals surface area contributed by atoms with Crippen molar-refractivity contribution in [2.45, 2.75) is 11.3 Å². The number of amides is 1. The fraction of sp³-hybridized carbons (Fsp3) is 0.412. The number of fused-ring (bicyclic) bond motifs is 2. The van der Waals surface area contributed by atoms with E-state index in [2.05, 4.69) is 5.32 Å². The fourth-order valence-corrected chi connectivity index (χ4v) is 5.49. The Kier molecular flexibility index (Phi) is 4.33. The first kappa shape index (κ1) is 16.5. The Bertz CT molecular complexity index is 808. The predicted octanol–water partition coefficient (Wildman–Crippen LogP) is 1.24. The lowest BCUT2D eigenvalue weighted by Gasteiger charge is -2.26. The monoisotopic (exact) mass is 346 g/mol. The molecule has 2 aliphatic rings. The summed E-state index contributed by atoms with van der Waals surface area (Å²) >= 11 is 0. The van der Waals surface area contributed by atoms with E-state index in [1.165, 1.54) is 24.3 Å². The van der Waals surface area contributed by atoms with Gasteiger partial charge >= 0.3 is 0 Å². The quantitative estimate of drug-likeness (QED) is 0.616. The van der Waals surface area contributed by atoms with Gasteiger partial charge in [0, 0.05) is 5.92 Å². The molecule has 0 radical (unpaired) electrons. The van der Waals surface area contributed by atoms with Gasteiger partial charge in [0.05, 0.1) is 16.7 Å².